The topological polar surface area (TPSA) is 106 Å². The second-order valence-corrected chi connectivity index (χ2v) is 8.93. The summed E-state index contributed by atoms with van der Waals surface area (Å²) in [6.45, 7) is 2.76. The number of pyridine rings is 1. The smallest absolute Gasteiger partial charge is 0.238 e. The second kappa shape index (κ2) is 9.45. The van der Waals surface area contributed by atoms with E-state index in [-0.39, 0.29) is 5.92 Å². The van der Waals surface area contributed by atoms with Gasteiger partial charge in [-0.1, -0.05) is 6.07 Å². The fourth-order valence-electron chi connectivity index (χ4n) is 4.82. The van der Waals surface area contributed by atoms with E-state index in [1.165, 1.54) is 0 Å². The maximum atomic E-state index is 5.61. The molecule has 0 N–H and O–H groups in total. The maximum Gasteiger partial charge on any atom is 0.238 e. The Labute approximate surface area is 214 Å². The van der Waals surface area contributed by atoms with Crippen LogP contribution < -0.4 is 9.47 Å². The monoisotopic (exact) mass is 494 g/mol. The largest absolute Gasteiger partial charge is 0.496 e. The molecular formula is C27H26N8O2. The van der Waals surface area contributed by atoms with Crippen molar-refractivity contribution in [2.45, 2.75) is 32.2 Å². The van der Waals surface area contributed by atoms with Gasteiger partial charge in [-0.15, -0.1) is 5.10 Å². The zero-order valence-electron chi connectivity index (χ0n) is 20.9. The molecule has 1 aliphatic heterocycles. The van der Waals surface area contributed by atoms with E-state index in [4.69, 9.17) is 24.5 Å². The van der Waals surface area contributed by atoms with Crippen LogP contribution in [0.15, 0.2) is 61.2 Å². The number of fused-ring (bicyclic) bond motifs is 1. The molecule has 0 bridgehead atoms. The van der Waals surface area contributed by atoms with Crippen molar-refractivity contribution < 1.29 is 9.47 Å². The molecule has 0 fully saturated rings. The molecule has 0 radical (unpaired) electrons. The van der Waals surface area contributed by atoms with Crippen LogP contribution in [0.5, 0.6) is 11.6 Å². The lowest BCUT2D eigenvalue weighted by Crippen LogP contribution is -2.18. The first-order valence-corrected chi connectivity index (χ1v) is 12.1. The van der Waals surface area contributed by atoms with E-state index in [2.05, 4.69) is 27.3 Å². The zero-order chi connectivity index (χ0) is 25.4. The minimum Gasteiger partial charge on any atom is -0.496 e. The molecule has 1 aliphatic rings. The van der Waals surface area contributed by atoms with Gasteiger partial charge < -0.3 is 14.0 Å². The number of imidazole rings is 1. The maximum absolute atomic E-state index is 5.61. The van der Waals surface area contributed by atoms with Gasteiger partial charge in [0, 0.05) is 30.4 Å². The van der Waals surface area contributed by atoms with E-state index in [0.29, 0.717) is 17.4 Å². The summed E-state index contributed by atoms with van der Waals surface area (Å²) < 4.78 is 15.1. The van der Waals surface area contributed by atoms with E-state index < -0.39 is 0 Å². The number of hydrogen-bond donors (Lipinski definition) is 0. The predicted octanol–water partition coefficient (Wildman–Crippen LogP) is 4.23. The van der Waals surface area contributed by atoms with Crippen LogP contribution >= 0.6 is 0 Å². The summed E-state index contributed by atoms with van der Waals surface area (Å²) in [4.78, 5) is 14.0. The van der Waals surface area contributed by atoms with E-state index in [1.54, 1.807) is 26.7 Å². The van der Waals surface area contributed by atoms with Crippen LogP contribution in [0.3, 0.4) is 0 Å². The van der Waals surface area contributed by atoms with Gasteiger partial charge in [0.05, 0.1) is 31.9 Å². The molecular weight excluding hydrogens is 468 g/mol. The van der Waals surface area contributed by atoms with Gasteiger partial charge in [-0.25, -0.2) is 19.6 Å². The van der Waals surface area contributed by atoms with Gasteiger partial charge in [0.15, 0.2) is 5.82 Å². The Bertz CT molecular complexity index is 1560. The fraction of sp³-hybridized carbons (Fsp3) is 0.259. The van der Waals surface area contributed by atoms with Crippen LogP contribution in [-0.2, 0) is 6.54 Å². The number of nitrogens with zero attached hydrogens (tertiary/aromatic N) is 8. The summed E-state index contributed by atoms with van der Waals surface area (Å²) in [6.07, 6.45) is 7.32. The molecule has 0 amide bonds. The van der Waals surface area contributed by atoms with Gasteiger partial charge in [0.1, 0.15) is 23.0 Å². The third-order valence-corrected chi connectivity index (χ3v) is 6.60. The Morgan fingerprint density at radius 3 is 2.68 bits per heavy atom. The van der Waals surface area contributed by atoms with Crippen LogP contribution in [0, 0.1) is 6.92 Å². The van der Waals surface area contributed by atoms with Crippen LogP contribution in [0.2, 0.25) is 0 Å². The van der Waals surface area contributed by atoms with E-state index in [9.17, 15) is 0 Å². The highest BCUT2D eigenvalue weighted by molar-refractivity contribution is 5.68. The Kier molecular flexibility index (Phi) is 5.84. The fourth-order valence-corrected chi connectivity index (χ4v) is 4.82. The third kappa shape index (κ3) is 4.20. The summed E-state index contributed by atoms with van der Waals surface area (Å²) in [5, 5.41) is 13.1. The molecule has 10 nitrogen and oxygen atoms in total. The summed E-state index contributed by atoms with van der Waals surface area (Å²) in [6, 6.07) is 13.9. The van der Waals surface area contributed by atoms with Gasteiger partial charge in [0.2, 0.25) is 5.88 Å². The summed E-state index contributed by atoms with van der Waals surface area (Å²) in [5.41, 5.74) is 5.20. The summed E-state index contributed by atoms with van der Waals surface area (Å²) in [5.74, 6) is 2.84. The number of benzene rings is 1. The molecule has 1 atom stereocenters. The van der Waals surface area contributed by atoms with Crippen molar-refractivity contribution in [2.75, 3.05) is 14.2 Å². The highest BCUT2D eigenvalue weighted by Gasteiger charge is 2.28. The molecule has 0 aliphatic carbocycles. The highest BCUT2D eigenvalue weighted by Crippen LogP contribution is 2.38. The lowest BCUT2D eigenvalue weighted by atomic mass is 9.89. The van der Waals surface area contributed by atoms with Crippen LogP contribution in [0.25, 0.3) is 28.5 Å². The molecule has 37 heavy (non-hydrogen) atoms. The Balaban J connectivity index is 1.37. The van der Waals surface area contributed by atoms with Gasteiger partial charge in [-0.3, -0.25) is 0 Å². The first-order chi connectivity index (χ1) is 18.1. The average Bonchev–Trinajstić information content (AvgIpc) is 3.59. The second-order valence-electron chi connectivity index (χ2n) is 8.93. The molecule has 1 unspecified atom stereocenters. The van der Waals surface area contributed by atoms with Crippen LogP contribution in [0.1, 0.15) is 35.8 Å². The minimum atomic E-state index is 0.0893. The zero-order valence-corrected chi connectivity index (χ0v) is 20.9. The Morgan fingerprint density at radius 1 is 1.00 bits per heavy atom. The first kappa shape index (κ1) is 22.8. The van der Waals surface area contributed by atoms with Gasteiger partial charge in [-0.05, 0) is 61.7 Å². The minimum absolute atomic E-state index is 0.0893. The van der Waals surface area contributed by atoms with E-state index in [0.717, 1.165) is 59.2 Å². The third-order valence-electron chi connectivity index (χ3n) is 6.60. The Hall–Kier alpha value is -4.60. The number of hydrogen-bond acceptors (Lipinski definition) is 8. The van der Waals surface area contributed by atoms with Gasteiger partial charge in [0.25, 0.3) is 0 Å². The molecule has 1 aromatic carbocycles. The first-order valence-electron chi connectivity index (χ1n) is 12.1. The molecule has 5 heterocycles. The van der Waals surface area contributed by atoms with Crippen molar-refractivity contribution >= 4 is 0 Å². The lowest BCUT2D eigenvalue weighted by molar-refractivity contribution is 0.396. The number of rotatable bonds is 6. The van der Waals surface area contributed by atoms with E-state index in [1.807, 2.05) is 52.7 Å². The normalized spacial score (nSPS) is 14.8. The highest BCUT2D eigenvalue weighted by atomic mass is 16.5. The van der Waals surface area contributed by atoms with Gasteiger partial charge in [-0.2, -0.15) is 10.2 Å². The molecule has 6 rings (SSSR count). The van der Waals surface area contributed by atoms with Crippen molar-refractivity contribution in [3.05, 3.63) is 78.3 Å². The van der Waals surface area contributed by atoms with E-state index >= 15 is 0 Å². The molecule has 0 spiro atoms. The van der Waals surface area contributed by atoms with Crippen molar-refractivity contribution in [2.24, 2.45) is 0 Å². The number of ether oxygens (including phenoxy) is 2. The SMILES string of the molecule is COc1ccc(C2CCCn3nc(-c4ccc(-n5cnc(C)c5)c(OC)n4)nc32)cc1-c1cccnn1. The molecule has 0 saturated heterocycles. The number of aromatic nitrogens is 8. The van der Waals surface area contributed by atoms with Crippen molar-refractivity contribution in [3.8, 4) is 40.1 Å². The Morgan fingerprint density at radius 2 is 1.92 bits per heavy atom. The molecule has 186 valence electrons. The number of methoxy groups -OCH3 is 2. The number of aryl methyl sites for hydroxylation is 2. The summed E-state index contributed by atoms with van der Waals surface area (Å²) >= 11 is 0. The predicted molar refractivity (Wildman–Crippen MR) is 137 cm³/mol. The molecule has 4 aromatic heterocycles. The average molecular weight is 495 g/mol. The lowest BCUT2D eigenvalue weighted by Gasteiger charge is -2.23. The molecule has 10 heteroatoms. The van der Waals surface area contributed by atoms with Crippen molar-refractivity contribution in [1.82, 2.24) is 39.5 Å². The quantitative estimate of drug-likeness (QED) is 0.345. The summed E-state index contributed by atoms with van der Waals surface area (Å²) in [7, 11) is 3.28. The van der Waals surface area contributed by atoms with Crippen LogP contribution in [0.4, 0.5) is 0 Å². The van der Waals surface area contributed by atoms with Crippen LogP contribution in [-0.4, -0.2) is 53.7 Å². The standard InChI is InChI=1S/C27H26N8O2/c1-17-15-34(16-28-17)23-10-9-22(30-27(23)37-3)25-31-26-19(6-5-13-35(26)33-25)18-8-11-24(36-2)20(14-18)21-7-4-12-29-32-21/h4,7-12,14-16,19H,5-6,13H2,1-3H3. The molecule has 0 saturated carbocycles. The van der Waals surface area contributed by atoms with Crippen molar-refractivity contribution in [1.29, 1.82) is 0 Å². The van der Waals surface area contributed by atoms with Crippen molar-refractivity contribution in [3.63, 3.8) is 0 Å². The van der Waals surface area contributed by atoms with Gasteiger partial charge >= 0.3 is 0 Å². The molecule has 5 aromatic rings.